The average Bonchev–Trinajstić information content (AvgIpc) is 3.94. The van der Waals surface area contributed by atoms with Crippen molar-refractivity contribution in [1.82, 2.24) is 19.5 Å². The molecule has 61 heavy (non-hydrogen) atoms. The highest BCUT2D eigenvalue weighted by Crippen LogP contribution is 2.50. The van der Waals surface area contributed by atoms with E-state index in [2.05, 4.69) is 182 Å². The zero-order valence-corrected chi connectivity index (χ0v) is 33.5. The number of benzene rings is 9. The second kappa shape index (κ2) is 12.6. The standard InChI is InChI=1S/C56H36N4O/c1-56(2)45-24-12-10-21-39(45)40-28-27-37(31-46(40)56)54-57-53(33-15-4-3-5-16-33)58-55(59-54)44-30-36-19-8-9-20-38(36)50-42-23-14-26-48(51(42)61-52(44)50)60-47-25-13-11-22-41(47)43-29-34-17-6-7-18-35(34)32-49(43)60/h3-32H,1-2H3. The molecule has 0 unspecified atom stereocenters. The lowest BCUT2D eigenvalue weighted by Gasteiger charge is -2.21. The summed E-state index contributed by atoms with van der Waals surface area (Å²) in [6.07, 6.45) is 0. The first-order valence-corrected chi connectivity index (χ1v) is 20.9. The van der Waals surface area contributed by atoms with E-state index >= 15 is 0 Å². The van der Waals surface area contributed by atoms with Crippen molar-refractivity contribution in [2.45, 2.75) is 19.3 Å². The van der Waals surface area contributed by atoms with Crippen molar-refractivity contribution in [1.29, 1.82) is 0 Å². The summed E-state index contributed by atoms with van der Waals surface area (Å²) in [7, 11) is 0. The van der Waals surface area contributed by atoms with Gasteiger partial charge >= 0.3 is 0 Å². The molecule has 0 aliphatic heterocycles. The monoisotopic (exact) mass is 780 g/mol. The van der Waals surface area contributed by atoms with Crippen LogP contribution in [0.1, 0.15) is 25.0 Å². The molecule has 12 aromatic rings. The third-order valence-corrected chi connectivity index (χ3v) is 13.0. The van der Waals surface area contributed by atoms with Gasteiger partial charge in [0.15, 0.2) is 23.1 Å². The Bertz CT molecular complexity index is 3800. The van der Waals surface area contributed by atoms with Crippen LogP contribution in [0.25, 0.3) is 116 Å². The minimum Gasteiger partial charge on any atom is -0.453 e. The van der Waals surface area contributed by atoms with Crippen LogP contribution in [0.3, 0.4) is 0 Å². The van der Waals surface area contributed by atoms with E-state index < -0.39 is 0 Å². The van der Waals surface area contributed by atoms with Gasteiger partial charge in [-0.15, -0.1) is 0 Å². The number of nitrogens with zero attached hydrogens (tertiary/aromatic N) is 4. The Morgan fingerprint density at radius 1 is 0.410 bits per heavy atom. The minimum absolute atomic E-state index is 0.167. The summed E-state index contributed by atoms with van der Waals surface area (Å²) >= 11 is 0. The van der Waals surface area contributed by atoms with E-state index in [1.165, 1.54) is 43.8 Å². The number of hydrogen-bond donors (Lipinski definition) is 0. The van der Waals surface area contributed by atoms with Crippen molar-refractivity contribution in [3.63, 3.8) is 0 Å². The number of fused-ring (bicyclic) bond motifs is 12. The van der Waals surface area contributed by atoms with Crippen LogP contribution in [0.15, 0.2) is 186 Å². The maximum Gasteiger partial charge on any atom is 0.167 e. The second-order valence-corrected chi connectivity index (χ2v) is 16.8. The van der Waals surface area contributed by atoms with E-state index in [1.54, 1.807) is 0 Å². The number of furan rings is 1. The fourth-order valence-electron chi connectivity index (χ4n) is 10.1. The number of para-hydroxylation sites is 2. The molecule has 0 radical (unpaired) electrons. The molecule has 0 bridgehead atoms. The zero-order valence-electron chi connectivity index (χ0n) is 33.5. The summed E-state index contributed by atoms with van der Waals surface area (Å²) in [6, 6.07) is 64.7. The highest BCUT2D eigenvalue weighted by molar-refractivity contribution is 6.24. The molecule has 0 amide bonds. The lowest BCUT2D eigenvalue weighted by molar-refractivity contribution is 0.660. The Labute approximate surface area is 351 Å². The van der Waals surface area contributed by atoms with Crippen LogP contribution in [0.2, 0.25) is 0 Å². The van der Waals surface area contributed by atoms with Gasteiger partial charge in [-0.1, -0.05) is 159 Å². The molecule has 1 aliphatic rings. The molecule has 0 saturated carbocycles. The fraction of sp³-hybridized carbons (Fsp3) is 0.0536. The SMILES string of the molecule is CC1(C)c2ccccc2-c2ccc(-c3nc(-c4ccccc4)nc(-c4cc5ccccc5c5c4oc4c(-n6c7ccccc7c7cc8ccccc8cc76)cccc45)n3)cc21. The molecule has 9 aromatic carbocycles. The van der Waals surface area contributed by atoms with Gasteiger partial charge in [0.1, 0.15) is 5.58 Å². The normalized spacial score (nSPS) is 13.2. The molecule has 5 heteroatoms. The van der Waals surface area contributed by atoms with E-state index in [4.69, 9.17) is 19.4 Å². The molecule has 1 aliphatic carbocycles. The van der Waals surface area contributed by atoms with Gasteiger partial charge in [-0.2, -0.15) is 0 Å². The summed E-state index contributed by atoms with van der Waals surface area (Å²) < 4.78 is 9.65. The third-order valence-electron chi connectivity index (χ3n) is 13.0. The molecule has 3 aromatic heterocycles. The Hall–Kier alpha value is -7.89. The minimum atomic E-state index is -0.167. The Morgan fingerprint density at radius 2 is 1.07 bits per heavy atom. The first-order valence-electron chi connectivity index (χ1n) is 20.9. The first kappa shape index (κ1) is 34.0. The van der Waals surface area contributed by atoms with E-state index in [-0.39, 0.29) is 5.41 Å². The number of aromatic nitrogens is 4. The van der Waals surface area contributed by atoms with Crippen LogP contribution in [0, 0.1) is 0 Å². The quantitative estimate of drug-likeness (QED) is 0.178. The van der Waals surface area contributed by atoms with Crippen LogP contribution >= 0.6 is 0 Å². The lowest BCUT2D eigenvalue weighted by Crippen LogP contribution is -2.15. The van der Waals surface area contributed by atoms with Gasteiger partial charge in [0.2, 0.25) is 0 Å². The summed E-state index contributed by atoms with van der Waals surface area (Å²) in [5.74, 6) is 1.79. The van der Waals surface area contributed by atoms with E-state index in [9.17, 15) is 0 Å². The van der Waals surface area contributed by atoms with E-state index in [1.807, 2.05) is 18.2 Å². The molecule has 0 fully saturated rings. The average molecular weight is 781 g/mol. The molecule has 13 rings (SSSR count). The Morgan fingerprint density at radius 3 is 1.92 bits per heavy atom. The van der Waals surface area contributed by atoms with Crippen molar-refractivity contribution in [3.8, 4) is 51.0 Å². The predicted molar refractivity (Wildman–Crippen MR) is 250 cm³/mol. The maximum atomic E-state index is 7.28. The van der Waals surface area contributed by atoms with Crippen LogP contribution in [-0.4, -0.2) is 19.5 Å². The van der Waals surface area contributed by atoms with Gasteiger partial charge in [0, 0.05) is 38.1 Å². The van der Waals surface area contributed by atoms with Crippen LogP contribution in [0.4, 0.5) is 0 Å². The van der Waals surface area contributed by atoms with Gasteiger partial charge in [-0.3, -0.25) is 0 Å². The Balaban J connectivity index is 1.08. The molecule has 0 N–H and O–H groups in total. The zero-order chi connectivity index (χ0) is 40.4. The molecule has 0 spiro atoms. The van der Waals surface area contributed by atoms with Gasteiger partial charge in [-0.25, -0.2) is 15.0 Å². The molecule has 0 saturated heterocycles. The van der Waals surface area contributed by atoms with Crippen molar-refractivity contribution < 1.29 is 4.42 Å². The van der Waals surface area contributed by atoms with Gasteiger partial charge in [0.05, 0.1) is 22.3 Å². The molecule has 0 atom stereocenters. The predicted octanol–water partition coefficient (Wildman–Crippen LogP) is 14.5. The summed E-state index contributed by atoms with van der Waals surface area (Å²) in [4.78, 5) is 15.8. The summed E-state index contributed by atoms with van der Waals surface area (Å²) in [5, 5.41) is 9.10. The highest BCUT2D eigenvalue weighted by atomic mass is 16.3. The number of hydrogen-bond acceptors (Lipinski definition) is 4. The molecular formula is C56H36N4O. The van der Waals surface area contributed by atoms with Gasteiger partial charge in [-0.05, 0) is 80.2 Å². The molecule has 5 nitrogen and oxygen atoms in total. The molecule has 3 heterocycles. The second-order valence-electron chi connectivity index (χ2n) is 16.8. The van der Waals surface area contributed by atoms with E-state index in [0.717, 1.165) is 66.1 Å². The summed E-state index contributed by atoms with van der Waals surface area (Å²) in [5.41, 5.74) is 12.5. The van der Waals surface area contributed by atoms with Crippen molar-refractivity contribution in [2.75, 3.05) is 0 Å². The van der Waals surface area contributed by atoms with Crippen molar-refractivity contribution in [3.05, 3.63) is 193 Å². The third kappa shape index (κ3) is 4.92. The van der Waals surface area contributed by atoms with E-state index in [0.29, 0.717) is 17.5 Å². The van der Waals surface area contributed by atoms with Crippen LogP contribution < -0.4 is 0 Å². The summed E-state index contributed by atoms with van der Waals surface area (Å²) in [6.45, 7) is 4.61. The smallest absolute Gasteiger partial charge is 0.167 e. The largest absolute Gasteiger partial charge is 0.453 e. The first-order chi connectivity index (χ1) is 30.0. The lowest BCUT2D eigenvalue weighted by atomic mass is 9.82. The number of rotatable bonds is 4. The topological polar surface area (TPSA) is 56.7 Å². The molecular weight excluding hydrogens is 745 g/mol. The Kier molecular flexibility index (Phi) is 7.00. The molecule has 286 valence electrons. The van der Waals surface area contributed by atoms with Crippen LogP contribution in [-0.2, 0) is 5.41 Å². The fourth-order valence-corrected chi connectivity index (χ4v) is 10.1. The van der Waals surface area contributed by atoms with Gasteiger partial charge < -0.3 is 8.98 Å². The van der Waals surface area contributed by atoms with Crippen molar-refractivity contribution in [2.24, 2.45) is 0 Å². The van der Waals surface area contributed by atoms with Gasteiger partial charge in [0.25, 0.3) is 0 Å². The van der Waals surface area contributed by atoms with Crippen molar-refractivity contribution >= 4 is 65.3 Å². The maximum absolute atomic E-state index is 7.28. The highest BCUT2D eigenvalue weighted by Gasteiger charge is 2.35. The van der Waals surface area contributed by atoms with Crippen LogP contribution in [0.5, 0.6) is 0 Å².